The van der Waals surface area contributed by atoms with Gasteiger partial charge in [-0.2, -0.15) is 0 Å². The summed E-state index contributed by atoms with van der Waals surface area (Å²) in [5.74, 6) is -12.4. The van der Waals surface area contributed by atoms with Gasteiger partial charge < -0.3 is 15.3 Å². The van der Waals surface area contributed by atoms with Crippen molar-refractivity contribution in [3.63, 3.8) is 0 Å². The second kappa shape index (κ2) is 7.60. The highest BCUT2D eigenvalue weighted by Gasteiger charge is 2.26. The van der Waals surface area contributed by atoms with E-state index < -0.39 is 47.3 Å². The smallest absolute Gasteiger partial charge is 0.265 e. The molecular weight excluding hydrogens is 351 g/mol. The lowest BCUT2D eigenvalue weighted by Crippen LogP contribution is -2.20. The quantitative estimate of drug-likeness (QED) is 0.283. The van der Waals surface area contributed by atoms with Crippen molar-refractivity contribution in [2.75, 3.05) is 11.9 Å². The number of phenolic OH excluding ortho intramolecular Hbond substituents is 1. The minimum absolute atomic E-state index is 0.110. The molecule has 0 fully saturated rings. The van der Waals surface area contributed by atoms with Crippen LogP contribution in [0.4, 0.5) is 27.6 Å². The van der Waals surface area contributed by atoms with Gasteiger partial charge in [-0.25, -0.2) is 22.0 Å². The van der Waals surface area contributed by atoms with Crippen molar-refractivity contribution < 1.29 is 36.7 Å². The SMILES string of the molecule is O=C(CON=Cc1ccccc1O)Nc1c(F)c(F)c(F)c(F)c1F. The third-order valence-corrected chi connectivity index (χ3v) is 2.87. The molecular formula is C15H9F5N2O3. The fourth-order valence-electron chi connectivity index (χ4n) is 1.68. The lowest BCUT2D eigenvalue weighted by molar-refractivity contribution is -0.120. The number of benzene rings is 2. The standard InChI is InChI=1S/C15H9F5N2O3/c16-10-11(17)13(19)15(14(20)12(10)18)22-9(24)6-25-21-5-7-3-1-2-4-8(7)23/h1-5,23H,6H2,(H,22,24). The van der Waals surface area contributed by atoms with Gasteiger partial charge in [-0.1, -0.05) is 17.3 Å². The van der Waals surface area contributed by atoms with E-state index in [1.165, 1.54) is 17.4 Å². The topological polar surface area (TPSA) is 70.9 Å². The summed E-state index contributed by atoms with van der Waals surface area (Å²) in [6.07, 6.45) is 1.06. The summed E-state index contributed by atoms with van der Waals surface area (Å²) in [5.41, 5.74) is -1.22. The monoisotopic (exact) mass is 360 g/mol. The molecule has 0 aliphatic carbocycles. The third kappa shape index (κ3) is 4.03. The fraction of sp³-hybridized carbons (Fsp3) is 0.0667. The first-order chi connectivity index (χ1) is 11.8. The van der Waals surface area contributed by atoms with Crippen LogP contribution in [0, 0.1) is 29.1 Å². The van der Waals surface area contributed by atoms with Crippen LogP contribution in [0.15, 0.2) is 29.4 Å². The lowest BCUT2D eigenvalue weighted by atomic mass is 10.2. The Morgan fingerprint density at radius 1 is 1.04 bits per heavy atom. The first-order valence-electron chi connectivity index (χ1n) is 6.57. The molecule has 0 aliphatic heterocycles. The highest BCUT2D eigenvalue weighted by molar-refractivity contribution is 5.92. The largest absolute Gasteiger partial charge is 0.507 e. The average molecular weight is 360 g/mol. The van der Waals surface area contributed by atoms with Gasteiger partial charge >= 0.3 is 0 Å². The van der Waals surface area contributed by atoms with Gasteiger partial charge in [0.2, 0.25) is 5.82 Å². The molecule has 0 spiro atoms. The molecule has 0 unspecified atom stereocenters. The molecule has 0 saturated heterocycles. The Bertz CT molecular complexity index is 813. The third-order valence-electron chi connectivity index (χ3n) is 2.87. The summed E-state index contributed by atoms with van der Waals surface area (Å²) < 4.78 is 65.6. The van der Waals surface area contributed by atoms with Crippen LogP contribution in [-0.2, 0) is 9.63 Å². The molecule has 10 heteroatoms. The Kier molecular flexibility index (Phi) is 5.52. The van der Waals surface area contributed by atoms with Crippen molar-refractivity contribution in [1.29, 1.82) is 0 Å². The van der Waals surface area contributed by atoms with Crippen LogP contribution < -0.4 is 5.32 Å². The number of rotatable bonds is 5. The van der Waals surface area contributed by atoms with Crippen LogP contribution in [-0.4, -0.2) is 23.8 Å². The van der Waals surface area contributed by atoms with E-state index in [2.05, 4.69) is 9.99 Å². The van der Waals surface area contributed by atoms with E-state index in [-0.39, 0.29) is 11.3 Å². The van der Waals surface area contributed by atoms with Crippen LogP contribution >= 0.6 is 0 Å². The Hall–Kier alpha value is -3.17. The first kappa shape index (κ1) is 18.2. The van der Waals surface area contributed by atoms with Gasteiger partial charge in [0, 0.05) is 5.56 Å². The maximum atomic E-state index is 13.4. The van der Waals surface area contributed by atoms with E-state index >= 15 is 0 Å². The number of para-hydroxylation sites is 1. The van der Waals surface area contributed by atoms with Crippen LogP contribution in [0.2, 0.25) is 0 Å². The molecule has 0 atom stereocenters. The Balaban J connectivity index is 2.01. The van der Waals surface area contributed by atoms with Gasteiger partial charge in [0.05, 0.1) is 6.21 Å². The normalized spacial score (nSPS) is 10.9. The second-order valence-electron chi connectivity index (χ2n) is 4.56. The number of amides is 1. The van der Waals surface area contributed by atoms with Crippen molar-refractivity contribution in [3.8, 4) is 5.75 Å². The van der Waals surface area contributed by atoms with E-state index in [1.807, 2.05) is 0 Å². The van der Waals surface area contributed by atoms with Gasteiger partial charge in [0.15, 0.2) is 29.9 Å². The zero-order valence-corrected chi connectivity index (χ0v) is 12.2. The molecule has 0 bridgehead atoms. The van der Waals surface area contributed by atoms with Crippen LogP contribution in [0.5, 0.6) is 5.75 Å². The van der Waals surface area contributed by atoms with E-state index in [0.29, 0.717) is 0 Å². The number of nitrogens with zero attached hydrogens (tertiary/aromatic N) is 1. The van der Waals surface area contributed by atoms with E-state index in [9.17, 15) is 31.9 Å². The molecule has 1 amide bonds. The van der Waals surface area contributed by atoms with Gasteiger partial charge in [-0.15, -0.1) is 0 Å². The average Bonchev–Trinajstić information content (AvgIpc) is 2.60. The first-order valence-corrected chi connectivity index (χ1v) is 6.57. The zero-order chi connectivity index (χ0) is 18.6. The summed E-state index contributed by atoms with van der Waals surface area (Å²) in [6.45, 7) is -0.871. The number of nitrogens with one attached hydrogen (secondary N) is 1. The molecule has 0 saturated carbocycles. The van der Waals surface area contributed by atoms with Gasteiger partial charge in [-0.05, 0) is 12.1 Å². The second-order valence-corrected chi connectivity index (χ2v) is 4.56. The summed E-state index contributed by atoms with van der Waals surface area (Å²) in [5, 5.41) is 14.3. The minimum Gasteiger partial charge on any atom is -0.507 e. The molecule has 2 rings (SSSR count). The molecule has 2 N–H and O–H groups in total. The Morgan fingerprint density at radius 2 is 1.60 bits per heavy atom. The predicted molar refractivity (Wildman–Crippen MR) is 76.5 cm³/mol. The molecule has 0 aromatic heterocycles. The number of carbonyl (C=O) groups is 1. The van der Waals surface area contributed by atoms with Crippen molar-refractivity contribution in [2.24, 2.45) is 5.16 Å². The van der Waals surface area contributed by atoms with Crippen LogP contribution in [0.1, 0.15) is 5.56 Å². The van der Waals surface area contributed by atoms with E-state index in [4.69, 9.17) is 0 Å². The number of aromatic hydroxyl groups is 1. The molecule has 2 aromatic carbocycles. The molecule has 25 heavy (non-hydrogen) atoms. The van der Waals surface area contributed by atoms with Crippen molar-refractivity contribution in [2.45, 2.75) is 0 Å². The van der Waals surface area contributed by atoms with E-state index in [1.54, 1.807) is 12.1 Å². The fourth-order valence-corrected chi connectivity index (χ4v) is 1.68. The molecule has 5 nitrogen and oxygen atoms in total. The van der Waals surface area contributed by atoms with Gasteiger partial charge in [-0.3, -0.25) is 4.79 Å². The summed E-state index contributed by atoms with van der Waals surface area (Å²) in [4.78, 5) is 16.0. The number of halogens is 5. The van der Waals surface area contributed by atoms with Crippen molar-refractivity contribution in [1.82, 2.24) is 0 Å². The summed E-state index contributed by atoms with van der Waals surface area (Å²) in [7, 11) is 0. The number of oxime groups is 1. The highest BCUT2D eigenvalue weighted by Crippen LogP contribution is 2.27. The van der Waals surface area contributed by atoms with Crippen LogP contribution in [0.3, 0.4) is 0 Å². The zero-order valence-electron chi connectivity index (χ0n) is 12.2. The molecule has 132 valence electrons. The molecule has 0 heterocycles. The maximum absolute atomic E-state index is 13.4. The maximum Gasteiger partial charge on any atom is 0.265 e. The van der Waals surface area contributed by atoms with Crippen molar-refractivity contribution in [3.05, 3.63) is 58.9 Å². The lowest BCUT2D eigenvalue weighted by Gasteiger charge is -2.09. The van der Waals surface area contributed by atoms with Gasteiger partial charge in [0.1, 0.15) is 11.4 Å². The minimum atomic E-state index is -2.34. The molecule has 0 radical (unpaired) electrons. The number of carbonyl (C=O) groups excluding carboxylic acids is 1. The number of hydrogen-bond donors (Lipinski definition) is 2. The Morgan fingerprint density at radius 3 is 2.20 bits per heavy atom. The summed E-state index contributed by atoms with van der Waals surface area (Å²) in [6, 6.07) is 6.01. The molecule has 2 aromatic rings. The van der Waals surface area contributed by atoms with Crippen LogP contribution in [0.25, 0.3) is 0 Å². The van der Waals surface area contributed by atoms with E-state index in [0.717, 1.165) is 6.21 Å². The predicted octanol–water partition coefficient (Wildman–Crippen LogP) is 3.08. The van der Waals surface area contributed by atoms with Gasteiger partial charge in [0.25, 0.3) is 5.91 Å². The number of hydrogen-bond acceptors (Lipinski definition) is 4. The number of phenols is 1. The molecule has 0 aliphatic rings. The number of anilines is 1. The van der Waals surface area contributed by atoms with Crippen molar-refractivity contribution >= 4 is 17.8 Å². The Labute approximate surface area is 137 Å². The highest BCUT2D eigenvalue weighted by atomic mass is 19.2. The summed E-state index contributed by atoms with van der Waals surface area (Å²) >= 11 is 0.